The van der Waals surface area contributed by atoms with Gasteiger partial charge in [0.05, 0.1) is 7.11 Å². The molecule has 1 amide bonds. The molecule has 0 bridgehead atoms. The summed E-state index contributed by atoms with van der Waals surface area (Å²) in [7, 11) is 1.46. The Morgan fingerprint density at radius 3 is 2.54 bits per heavy atom. The summed E-state index contributed by atoms with van der Waals surface area (Å²) in [6, 6.07) is 0. The van der Waals surface area contributed by atoms with Crippen molar-refractivity contribution in [3.63, 3.8) is 0 Å². The van der Waals surface area contributed by atoms with Crippen LogP contribution in [0.2, 0.25) is 0 Å². The zero-order valence-electron chi connectivity index (χ0n) is 8.08. The lowest BCUT2D eigenvalue weighted by Crippen LogP contribution is -2.33. The molecular weight excluding hydrogens is 168 g/mol. The lowest BCUT2D eigenvalue weighted by Gasteiger charge is -2.26. The first kappa shape index (κ1) is 10.5. The Labute approximate surface area is 78.8 Å². The molecule has 0 aromatic carbocycles. The molecule has 1 aliphatic carbocycles. The average molecular weight is 186 g/mol. The van der Waals surface area contributed by atoms with E-state index in [0.29, 0.717) is 5.92 Å². The van der Waals surface area contributed by atoms with Gasteiger partial charge in [-0.1, -0.05) is 0 Å². The number of carbonyl (C=O) groups is 1. The molecular formula is C9H18N2O2. The van der Waals surface area contributed by atoms with E-state index in [4.69, 9.17) is 5.73 Å². The summed E-state index contributed by atoms with van der Waals surface area (Å²) in [5.74, 6) is 0.757. The van der Waals surface area contributed by atoms with Crippen LogP contribution in [0.3, 0.4) is 0 Å². The number of amides is 1. The molecule has 1 aliphatic rings. The number of hydrogen-bond donors (Lipinski definition) is 2. The van der Waals surface area contributed by atoms with Crippen molar-refractivity contribution < 1.29 is 9.63 Å². The summed E-state index contributed by atoms with van der Waals surface area (Å²) in [4.78, 5) is 15.9. The van der Waals surface area contributed by atoms with Gasteiger partial charge in [-0.2, -0.15) is 0 Å². The van der Waals surface area contributed by atoms with Gasteiger partial charge in [0, 0.05) is 5.92 Å². The molecule has 0 heterocycles. The van der Waals surface area contributed by atoms with Gasteiger partial charge in [0.15, 0.2) is 0 Å². The van der Waals surface area contributed by atoms with Crippen LogP contribution < -0.4 is 11.2 Å². The third-order valence-corrected chi connectivity index (χ3v) is 2.75. The summed E-state index contributed by atoms with van der Waals surface area (Å²) in [5, 5.41) is 0. The van der Waals surface area contributed by atoms with Crippen LogP contribution in [0, 0.1) is 11.8 Å². The standard InChI is InChI=1S/C9H18N2O2/c1-13-11-9(12)8-4-2-7(6-10)3-5-8/h7-8H,2-6,10H2,1H3,(H,11,12). The molecule has 1 saturated carbocycles. The predicted octanol–water partition coefficient (Wildman–Crippen LogP) is 0.429. The highest BCUT2D eigenvalue weighted by Gasteiger charge is 2.25. The Morgan fingerprint density at radius 2 is 2.08 bits per heavy atom. The summed E-state index contributed by atoms with van der Waals surface area (Å²) in [5.41, 5.74) is 7.94. The highest BCUT2D eigenvalue weighted by atomic mass is 16.6. The van der Waals surface area contributed by atoms with E-state index in [1.165, 1.54) is 7.11 Å². The van der Waals surface area contributed by atoms with Crippen molar-refractivity contribution in [1.29, 1.82) is 0 Å². The number of nitrogens with two attached hydrogens (primary N) is 1. The molecule has 0 aromatic heterocycles. The zero-order valence-corrected chi connectivity index (χ0v) is 8.08. The van der Waals surface area contributed by atoms with Gasteiger partial charge >= 0.3 is 0 Å². The van der Waals surface area contributed by atoms with E-state index >= 15 is 0 Å². The fourth-order valence-corrected chi connectivity index (χ4v) is 1.84. The Kier molecular flexibility index (Phi) is 4.18. The van der Waals surface area contributed by atoms with Crippen LogP contribution in [0.5, 0.6) is 0 Å². The Balaban J connectivity index is 2.28. The van der Waals surface area contributed by atoms with Gasteiger partial charge in [-0.05, 0) is 38.1 Å². The predicted molar refractivity (Wildman–Crippen MR) is 49.7 cm³/mol. The molecule has 3 N–H and O–H groups in total. The first-order valence-electron chi connectivity index (χ1n) is 4.80. The summed E-state index contributed by atoms with van der Waals surface area (Å²) in [6.07, 6.45) is 4.02. The molecule has 4 heteroatoms. The molecule has 0 aliphatic heterocycles. The van der Waals surface area contributed by atoms with Crippen molar-refractivity contribution in [2.45, 2.75) is 25.7 Å². The average Bonchev–Trinajstić information content (AvgIpc) is 2.18. The highest BCUT2D eigenvalue weighted by Crippen LogP contribution is 2.27. The SMILES string of the molecule is CONC(=O)C1CCC(CN)CC1. The van der Waals surface area contributed by atoms with Gasteiger partial charge in [-0.15, -0.1) is 0 Å². The van der Waals surface area contributed by atoms with Gasteiger partial charge in [-0.25, -0.2) is 5.48 Å². The van der Waals surface area contributed by atoms with Gasteiger partial charge in [-0.3, -0.25) is 9.63 Å². The molecule has 1 fully saturated rings. The minimum absolute atomic E-state index is 0.0120. The van der Waals surface area contributed by atoms with Gasteiger partial charge in [0.2, 0.25) is 5.91 Å². The molecule has 0 aromatic rings. The first-order valence-corrected chi connectivity index (χ1v) is 4.80. The number of hydrogen-bond acceptors (Lipinski definition) is 3. The molecule has 0 saturated heterocycles. The maximum Gasteiger partial charge on any atom is 0.246 e. The van der Waals surface area contributed by atoms with Crippen molar-refractivity contribution in [2.75, 3.05) is 13.7 Å². The fraction of sp³-hybridized carbons (Fsp3) is 0.889. The van der Waals surface area contributed by atoms with Crippen LogP contribution in [-0.4, -0.2) is 19.6 Å². The molecule has 1 rings (SSSR count). The van der Waals surface area contributed by atoms with E-state index < -0.39 is 0 Å². The molecule has 0 radical (unpaired) electrons. The lowest BCUT2D eigenvalue weighted by atomic mass is 9.82. The summed E-state index contributed by atoms with van der Waals surface area (Å²) < 4.78 is 0. The maximum absolute atomic E-state index is 11.3. The highest BCUT2D eigenvalue weighted by molar-refractivity contribution is 5.77. The Morgan fingerprint density at radius 1 is 1.46 bits per heavy atom. The van der Waals surface area contributed by atoms with Gasteiger partial charge in [0.1, 0.15) is 0 Å². The summed E-state index contributed by atoms with van der Waals surface area (Å²) >= 11 is 0. The number of nitrogens with one attached hydrogen (secondary N) is 1. The largest absolute Gasteiger partial charge is 0.330 e. The van der Waals surface area contributed by atoms with Crippen molar-refractivity contribution in [3.8, 4) is 0 Å². The van der Waals surface area contributed by atoms with Crippen LogP contribution in [0.15, 0.2) is 0 Å². The van der Waals surface area contributed by atoms with Gasteiger partial charge < -0.3 is 5.73 Å². The van der Waals surface area contributed by atoms with Crippen LogP contribution in [0.1, 0.15) is 25.7 Å². The Bertz CT molecular complexity index is 165. The first-order chi connectivity index (χ1) is 6.27. The minimum atomic E-state index is 0.0120. The quantitative estimate of drug-likeness (QED) is 0.628. The van der Waals surface area contributed by atoms with E-state index in [-0.39, 0.29) is 11.8 Å². The topological polar surface area (TPSA) is 64.3 Å². The summed E-state index contributed by atoms with van der Waals surface area (Å²) in [6.45, 7) is 0.749. The second kappa shape index (κ2) is 5.19. The normalized spacial score (nSPS) is 28.5. The number of hydroxylamine groups is 1. The van der Waals surface area contributed by atoms with Crippen LogP contribution >= 0.6 is 0 Å². The van der Waals surface area contributed by atoms with Crippen molar-refractivity contribution >= 4 is 5.91 Å². The van der Waals surface area contributed by atoms with E-state index in [1.807, 2.05) is 0 Å². The van der Waals surface area contributed by atoms with Crippen molar-refractivity contribution in [2.24, 2.45) is 17.6 Å². The smallest absolute Gasteiger partial charge is 0.246 e. The minimum Gasteiger partial charge on any atom is -0.330 e. The van der Waals surface area contributed by atoms with Crippen LogP contribution in [0.4, 0.5) is 0 Å². The van der Waals surface area contributed by atoms with Crippen LogP contribution in [-0.2, 0) is 9.63 Å². The van der Waals surface area contributed by atoms with E-state index in [9.17, 15) is 4.79 Å². The molecule has 13 heavy (non-hydrogen) atoms. The maximum atomic E-state index is 11.3. The molecule has 4 nitrogen and oxygen atoms in total. The zero-order chi connectivity index (χ0) is 9.68. The second-order valence-electron chi connectivity index (χ2n) is 3.62. The molecule has 0 atom stereocenters. The number of rotatable bonds is 3. The fourth-order valence-electron chi connectivity index (χ4n) is 1.84. The van der Waals surface area contributed by atoms with Crippen molar-refractivity contribution in [1.82, 2.24) is 5.48 Å². The molecule has 76 valence electrons. The Hall–Kier alpha value is -0.610. The molecule has 0 unspecified atom stereocenters. The van der Waals surface area contributed by atoms with Gasteiger partial charge in [0.25, 0.3) is 0 Å². The second-order valence-corrected chi connectivity index (χ2v) is 3.62. The van der Waals surface area contributed by atoms with Crippen molar-refractivity contribution in [3.05, 3.63) is 0 Å². The van der Waals surface area contributed by atoms with E-state index in [2.05, 4.69) is 10.3 Å². The van der Waals surface area contributed by atoms with E-state index in [0.717, 1.165) is 32.2 Å². The third kappa shape index (κ3) is 2.97. The monoisotopic (exact) mass is 186 g/mol. The third-order valence-electron chi connectivity index (χ3n) is 2.75. The number of carbonyl (C=O) groups excluding carboxylic acids is 1. The van der Waals surface area contributed by atoms with Crippen LogP contribution in [0.25, 0.3) is 0 Å². The van der Waals surface area contributed by atoms with E-state index in [1.54, 1.807) is 0 Å². The molecule has 0 spiro atoms. The lowest BCUT2D eigenvalue weighted by molar-refractivity contribution is -0.136.